The third kappa shape index (κ3) is 3.74. The van der Waals surface area contributed by atoms with Crippen molar-refractivity contribution in [1.29, 1.82) is 0 Å². The molecule has 0 bridgehead atoms. The van der Waals surface area contributed by atoms with E-state index in [0.717, 1.165) is 10.7 Å². The van der Waals surface area contributed by atoms with Crippen LogP contribution in [0.2, 0.25) is 0 Å². The molecule has 0 saturated carbocycles. The molecule has 1 amide bonds. The number of nitrogens with zero attached hydrogens (tertiary/aromatic N) is 1. The molecule has 0 aliphatic heterocycles. The number of aliphatic hydroxyl groups excluding tert-OH is 1. The fraction of sp³-hybridized carbons (Fsp3) is 0.294. The van der Waals surface area contributed by atoms with Gasteiger partial charge in [-0.05, 0) is 32.0 Å². The van der Waals surface area contributed by atoms with E-state index in [-0.39, 0.29) is 11.9 Å². The number of rotatable bonds is 6. The van der Waals surface area contributed by atoms with Gasteiger partial charge >= 0.3 is 0 Å². The maximum absolute atomic E-state index is 12.3. The highest BCUT2D eigenvalue weighted by molar-refractivity contribution is 7.09. The smallest absolute Gasteiger partial charge is 0.254 e. The fourth-order valence-electron chi connectivity index (χ4n) is 2.36. The molecule has 0 radical (unpaired) electrons. The van der Waals surface area contributed by atoms with Crippen molar-refractivity contribution in [2.45, 2.75) is 32.4 Å². The molecule has 3 heterocycles. The maximum atomic E-state index is 12.3. The number of aromatic nitrogens is 1. The zero-order chi connectivity index (χ0) is 17.1. The lowest BCUT2D eigenvalue weighted by atomic mass is 10.1. The minimum Gasteiger partial charge on any atom is -0.467 e. The van der Waals surface area contributed by atoms with Gasteiger partial charge in [0.05, 0.1) is 16.8 Å². The third-order valence-electron chi connectivity index (χ3n) is 3.56. The molecule has 3 aromatic rings. The van der Waals surface area contributed by atoms with Gasteiger partial charge < -0.3 is 19.3 Å². The summed E-state index contributed by atoms with van der Waals surface area (Å²) in [5.41, 5.74) is 1.15. The molecule has 0 fully saturated rings. The quantitative estimate of drug-likeness (QED) is 0.712. The Morgan fingerprint density at radius 3 is 2.96 bits per heavy atom. The van der Waals surface area contributed by atoms with E-state index in [1.807, 2.05) is 19.2 Å². The van der Waals surface area contributed by atoms with E-state index >= 15 is 0 Å². The van der Waals surface area contributed by atoms with Crippen LogP contribution in [0, 0.1) is 6.92 Å². The number of aryl methyl sites for hydroxylation is 1. The van der Waals surface area contributed by atoms with E-state index in [2.05, 4.69) is 10.3 Å². The van der Waals surface area contributed by atoms with Gasteiger partial charge in [0.1, 0.15) is 23.8 Å². The van der Waals surface area contributed by atoms with Crippen LogP contribution in [0.5, 0.6) is 0 Å². The highest BCUT2D eigenvalue weighted by Crippen LogP contribution is 2.24. The molecule has 6 nitrogen and oxygen atoms in total. The first-order valence-corrected chi connectivity index (χ1v) is 8.44. The van der Waals surface area contributed by atoms with Crippen LogP contribution in [0.3, 0.4) is 0 Å². The summed E-state index contributed by atoms with van der Waals surface area (Å²) in [7, 11) is 0. The van der Waals surface area contributed by atoms with Gasteiger partial charge in [0.2, 0.25) is 0 Å². The average molecular weight is 346 g/mol. The fourth-order valence-corrected chi connectivity index (χ4v) is 2.97. The Morgan fingerprint density at radius 1 is 1.46 bits per heavy atom. The van der Waals surface area contributed by atoms with Gasteiger partial charge in [-0.3, -0.25) is 4.79 Å². The van der Waals surface area contributed by atoms with Crippen molar-refractivity contribution in [3.05, 3.63) is 52.4 Å². The number of amides is 1. The van der Waals surface area contributed by atoms with Crippen LogP contribution in [0.15, 0.2) is 44.9 Å². The van der Waals surface area contributed by atoms with Crippen LogP contribution < -0.4 is 5.32 Å². The Labute approximate surface area is 143 Å². The topological polar surface area (TPSA) is 88.5 Å². The monoisotopic (exact) mass is 346 g/mol. The molecule has 0 aliphatic carbocycles. The molecule has 0 spiro atoms. The van der Waals surface area contributed by atoms with Crippen molar-refractivity contribution in [3.8, 4) is 11.5 Å². The number of hydrogen-bond acceptors (Lipinski definition) is 6. The van der Waals surface area contributed by atoms with Crippen molar-refractivity contribution >= 4 is 17.2 Å². The highest BCUT2D eigenvalue weighted by Gasteiger charge is 2.18. The van der Waals surface area contributed by atoms with E-state index in [1.54, 1.807) is 18.2 Å². The molecule has 2 unspecified atom stereocenters. The molecule has 2 atom stereocenters. The number of carbonyl (C=O) groups excluding carboxylic acids is 1. The van der Waals surface area contributed by atoms with Crippen molar-refractivity contribution in [1.82, 2.24) is 10.3 Å². The lowest BCUT2D eigenvalue weighted by Crippen LogP contribution is -2.33. The van der Waals surface area contributed by atoms with E-state index < -0.39 is 6.10 Å². The van der Waals surface area contributed by atoms with Crippen LogP contribution >= 0.6 is 11.3 Å². The summed E-state index contributed by atoms with van der Waals surface area (Å²) in [6.07, 6.45) is 2.52. The first-order valence-electron chi connectivity index (χ1n) is 7.56. The van der Waals surface area contributed by atoms with Gasteiger partial charge in [0.25, 0.3) is 5.91 Å². The Balaban J connectivity index is 1.59. The molecular weight excluding hydrogens is 328 g/mol. The minimum atomic E-state index is -0.756. The van der Waals surface area contributed by atoms with E-state index in [4.69, 9.17) is 8.83 Å². The maximum Gasteiger partial charge on any atom is 0.254 e. The second-order valence-electron chi connectivity index (χ2n) is 5.59. The molecule has 0 saturated heterocycles. The molecule has 0 aromatic carbocycles. The van der Waals surface area contributed by atoms with Crippen LogP contribution in [-0.2, 0) is 0 Å². The average Bonchev–Trinajstić information content (AvgIpc) is 3.28. The number of carbonyl (C=O) groups is 1. The van der Waals surface area contributed by atoms with E-state index in [9.17, 15) is 9.90 Å². The van der Waals surface area contributed by atoms with E-state index in [1.165, 1.54) is 23.9 Å². The van der Waals surface area contributed by atoms with Gasteiger partial charge in [-0.25, -0.2) is 4.98 Å². The predicted molar refractivity (Wildman–Crippen MR) is 89.8 cm³/mol. The third-order valence-corrected chi connectivity index (χ3v) is 4.33. The summed E-state index contributed by atoms with van der Waals surface area (Å²) < 4.78 is 10.6. The van der Waals surface area contributed by atoms with Crippen molar-refractivity contribution in [3.63, 3.8) is 0 Å². The molecule has 3 aromatic heterocycles. The number of furan rings is 2. The normalized spacial score (nSPS) is 13.6. The van der Waals surface area contributed by atoms with Crippen LogP contribution in [0.1, 0.15) is 40.6 Å². The van der Waals surface area contributed by atoms with Gasteiger partial charge in [0.15, 0.2) is 5.76 Å². The zero-order valence-electron chi connectivity index (χ0n) is 13.4. The Kier molecular flexibility index (Phi) is 4.82. The van der Waals surface area contributed by atoms with E-state index in [0.29, 0.717) is 23.5 Å². The largest absolute Gasteiger partial charge is 0.467 e. The van der Waals surface area contributed by atoms with Gasteiger partial charge in [-0.1, -0.05) is 0 Å². The van der Waals surface area contributed by atoms with Gasteiger partial charge in [-0.2, -0.15) is 0 Å². The Bertz CT molecular complexity index is 806. The first kappa shape index (κ1) is 16.5. The number of aliphatic hydroxyl groups is 1. The lowest BCUT2D eigenvalue weighted by molar-refractivity contribution is 0.0902. The lowest BCUT2D eigenvalue weighted by Gasteiger charge is -2.16. The number of thiazole rings is 1. The summed E-state index contributed by atoms with van der Waals surface area (Å²) in [6.45, 7) is 3.74. The number of hydrogen-bond donors (Lipinski definition) is 2. The second kappa shape index (κ2) is 7.02. The zero-order valence-corrected chi connectivity index (χ0v) is 14.2. The minimum absolute atomic E-state index is 0.225. The molecule has 7 heteroatoms. The molecule has 126 valence electrons. The SMILES string of the molecule is Cc1nc(-c2cc(C(=O)NC(C)CC(O)c3ccco3)co2)cs1. The summed E-state index contributed by atoms with van der Waals surface area (Å²) in [4.78, 5) is 16.6. The summed E-state index contributed by atoms with van der Waals surface area (Å²) in [5.74, 6) is 0.796. The van der Waals surface area contributed by atoms with Crippen LogP contribution in [0.25, 0.3) is 11.5 Å². The van der Waals surface area contributed by atoms with Crippen LogP contribution in [-0.4, -0.2) is 22.0 Å². The Hall–Kier alpha value is -2.38. The molecule has 0 aliphatic rings. The van der Waals surface area contributed by atoms with Crippen molar-refractivity contribution in [2.24, 2.45) is 0 Å². The molecular formula is C17H18N2O4S. The second-order valence-corrected chi connectivity index (χ2v) is 6.66. The Morgan fingerprint density at radius 2 is 2.29 bits per heavy atom. The number of nitrogens with one attached hydrogen (secondary N) is 1. The van der Waals surface area contributed by atoms with Crippen molar-refractivity contribution < 1.29 is 18.7 Å². The summed E-state index contributed by atoms with van der Waals surface area (Å²) >= 11 is 1.52. The predicted octanol–water partition coefficient (Wildman–Crippen LogP) is 3.55. The summed E-state index contributed by atoms with van der Waals surface area (Å²) in [6, 6.07) is 4.86. The van der Waals surface area contributed by atoms with Gasteiger partial charge in [-0.15, -0.1) is 11.3 Å². The molecule has 24 heavy (non-hydrogen) atoms. The molecule has 2 N–H and O–H groups in total. The van der Waals surface area contributed by atoms with Crippen molar-refractivity contribution in [2.75, 3.05) is 0 Å². The van der Waals surface area contributed by atoms with Gasteiger partial charge in [0, 0.05) is 17.8 Å². The van der Waals surface area contributed by atoms with Crippen LogP contribution in [0.4, 0.5) is 0 Å². The highest BCUT2D eigenvalue weighted by atomic mass is 32.1. The molecule has 3 rings (SSSR count). The standard InChI is InChI=1S/C17H18N2O4S/c1-10(6-14(20)15-4-3-5-22-15)18-17(21)12-7-16(23-8-12)13-9-24-11(2)19-13/h3-5,7-10,14,20H,6H2,1-2H3,(H,18,21). The first-order chi connectivity index (χ1) is 11.5. The summed E-state index contributed by atoms with van der Waals surface area (Å²) in [5, 5.41) is 15.7.